The number of para-hydroxylation sites is 1. The van der Waals surface area contributed by atoms with Crippen LogP contribution in [0, 0.1) is 6.92 Å². The first kappa shape index (κ1) is 18.1. The van der Waals surface area contributed by atoms with E-state index in [1.807, 2.05) is 37.3 Å². The minimum atomic E-state index is -0.186. The van der Waals surface area contributed by atoms with Crippen LogP contribution >= 0.6 is 0 Å². The van der Waals surface area contributed by atoms with Gasteiger partial charge in [0.15, 0.2) is 0 Å². The fourth-order valence-corrected chi connectivity index (χ4v) is 3.61. The van der Waals surface area contributed by atoms with Crippen molar-refractivity contribution in [2.75, 3.05) is 13.1 Å². The Bertz CT molecular complexity index is 1040. The monoisotopic (exact) mass is 378 g/mol. The van der Waals surface area contributed by atoms with Crippen molar-refractivity contribution in [3.63, 3.8) is 0 Å². The summed E-state index contributed by atoms with van der Waals surface area (Å²) >= 11 is 0. The molecule has 1 amide bonds. The summed E-state index contributed by atoms with van der Waals surface area (Å²) in [5.74, 6) is 0.526. The van der Waals surface area contributed by atoms with Gasteiger partial charge in [0.05, 0.1) is 17.6 Å². The Balaban J connectivity index is 1.64. The van der Waals surface area contributed by atoms with Gasteiger partial charge in [0, 0.05) is 32.3 Å². The molecule has 1 atom stereocenters. The van der Waals surface area contributed by atoms with Crippen molar-refractivity contribution in [3.8, 4) is 5.69 Å². The Labute approximate surface area is 162 Å². The topological polar surface area (TPSA) is 85.9 Å². The SMILES string of the molecule is Cc1cnc(C(=O)N2CCCC(c3nn(C)c(=O)n3-c3ccccc3)C2)cn1. The van der Waals surface area contributed by atoms with Crippen LogP contribution in [0.1, 0.15) is 40.8 Å². The number of benzene rings is 1. The van der Waals surface area contributed by atoms with E-state index in [0.29, 0.717) is 24.6 Å². The third-order valence-electron chi connectivity index (χ3n) is 5.04. The summed E-state index contributed by atoms with van der Waals surface area (Å²) in [5.41, 5.74) is 1.71. The highest BCUT2D eigenvalue weighted by molar-refractivity contribution is 5.92. The molecule has 0 aliphatic carbocycles. The van der Waals surface area contributed by atoms with Crippen LogP contribution in [0.25, 0.3) is 5.69 Å². The lowest BCUT2D eigenvalue weighted by Crippen LogP contribution is -2.40. The van der Waals surface area contributed by atoms with Gasteiger partial charge in [0.1, 0.15) is 11.5 Å². The van der Waals surface area contributed by atoms with E-state index in [9.17, 15) is 9.59 Å². The highest BCUT2D eigenvalue weighted by Crippen LogP contribution is 2.27. The van der Waals surface area contributed by atoms with Crippen LogP contribution < -0.4 is 5.69 Å². The van der Waals surface area contributed by atoms with Crippen LogP contribution in [0.2, 0.25) is 0 Å². The maximum absolute atomic E-state index is 12.8. The number of piperidine rings is 1. The number of amides is 1. The molecule has 0 N–H and O–H groups in total. The maximum atomic E-state index is 12.8. The molecule has 1 fully saturated rings. The first-order chi connectivity index (χ1) is 13.5. The number of hydrogen-bond donors (Lipinski definition) is 0. The van der Waals surface area contributed by atoms with Crippen LogP contribution in [0.15, 0.2) is 47.5 Å². The quantitative estimate of drug-likeness (QED) is 0.692. The summed E-state index contributed by atoms with van der Waals surface area (Å²) in [6.45, 7) is 2.99. The standard InChI is InChI=1S/C20H22N6O2/c1-14-11-22-17(12-21-14)19(27)25-10-6-7-15(13-25)18-23-24(2)20(28)26(18)16-8-4-3-5-9-16/h3-5,8-9,11-12,15H,6-7,10,13H2,1-2H3. The molecule has 1 unspecified atom stereocenters. The summed E-state index contributed by atoms with van der Waals surface area (Å²) in [7, 11) is 1.65. The molecule has 0 bridgehead atoms. The van der Waals surface area contributed by atoms with E-state index in [1.165, 1.54) is 10.9 Å². The molecule has 3 aromatic rings. The van der Waals surface area contributed by atoms with Gasteiger partial charge in [0.25, 0.3) is 5.91 Å². The van der Waals surface area contributed by atoms with Crippen LogP contribution in [0.3, 0.4) is 0 Å². The largest absolute Gasteiger partial charge is 0.350 e. The Kier molecular flexibility index (Phi) is 4.77. The van der Waals surface area contributed by atoms with Crippen LogP contribution in [0.5, 0.6) is 0 Å². The van der Waals surface area contributed by atoms with E-state index in [0.717, 1.165) is 24.2 Å². The minimum Gasteiger partial charge on any atom is -0.337 e. The van der Waals surface area contributed by atoms with Gasteiger partial charge < -0.3 is 4.90 Å². The summed E-state index contributed by atoms with van der Waals surface area (Å²) < 4.78 is 3.00. The molecule has 8 nitrogen and oxygen atoms in total. The van der Waals surface area contributed by atoms with E-state index in [-0.39, 0.29) is 17.5 Å². The molecule has 0 saturated carbocycles. The summed E-state index contributed by atoms with van der Waals surface area (Å²) in [6, 6.07) is 9.48. The Morgan fingerprint density at radius 1 is 1.14 bits per heavy atom. The Hall–Kier alpha value is -3.29. The Morgan fingerprint density at radius 3 is 2.64 bits per heavy atom. The number of nitrogens with zero attached hydrogens (tertiary/aromatic N) is 6. The molecule has 0 radical (unpaired) electrons. The zero-order valence-electron chi connectivity index (χ0n) is 15.9. The summed E-state index contributed by atoms with van der Waals surface area (Å²) in [6.07, 6.45) is 4.82. The molecule has 1 aliphatic rings. The van der Waals surface area contributed by atoms with Gasteiger partial charge >= 0.3 is 5.69 Å². The van der Waals surface area contributed by atoms with Gasteiger partial charge in [-0.1, -0.05) is 18.2 Å². The first-order valence-electron chi connectivity index (χ1n) is 9.34. The smallest absolute Gasteiger partial charge is 0.337 e. The lowest BCUT2D eigenvalue weighted by atomic mass is 9.96. The van der Waals surface area contributed by atoms with Gasteiger partial charge in [-0.25, -0.2) is 19.0 Å². The molecule has 1 aliphatic heterocycles. The molecule has 1 aromatic carbocycles. The van der Waals surface area contributed by atoms with Crippen LogP contribution in [0.4, 0.5) is 0 Å². The lowest BCUT2D eigenvalue weighted by Gasteiger charge is -2.32. The van der Waals surface area contributed by atoms with Gasteiger partial charge in [-0.3, -0.25) is 9.78 Å². The molecule has 0 spiro atoms. The van der Waals surface area contributed by atoms with Gasteiger partial charge in [0.2, 0.25) is 0 Å². The predicted octanol–water partition coefficient (Wildman–Crippen LogP) is 1.69. The molecule has 8 heteroatoms. The van der Waals surface area contributed by atoms with E-state index in [1.54, 1.807) is 22.7 Å². The van der Waals surface area contributed by atoms with Crippen molar-refractivity contribution in [3.05, 3.63) is 70.4 Å². The number of aromatic nitrogens is 5. The zero-order valence-corrected chi connectivity index (χ0v) is 15.9. The number of carbonyl (C=O) groups is 1. The third kappa shape index (κ3) is 3.33. The van der Waals surface area contributed by atoms with E-state index < -0.39 is 0 Å². The lowest BCUT2D eigenvalue weighted by molar-refractivity contribution is 0.0697. The molecule has 28 heavy (non-hydrogen) atoms. The van der Waals surface area contributed by atoms with Crippen molar-refractivity contribution in [1.29, 1.82) is 0 Å². The number of carbonyl (C=O) groups excluding carboxylic acids is 1. The second-order valence-corrected chi connectivity index (χ2v) is 7.07. The first-order valence-corrected chi connectivity index (χ1v) is 9.34. The van der Waals surface area contributed by atoms with Crippen LogP contribution in [-0.4, -0.2) is 48.2 Å². The van der Waals surface area contributed by atoms with Crippen molar-refractivity contribution in [1.82, 2.24) is 29.2 Å². The number of rotatable bonds is 3. The zero-order chi connectivity index (χ0) is 19.7. The highest BCUT2D eigenvalue weighted by Gasteiger charge is 2.30. The highest BCUT2D eigenvalue weighted by atomic mass is 16.2. The molecule has 2 aromatic heterocycles. The van der Waals surface area contributed by atoms with Crippen molar-refractivity contribution in [2.24, 2.45) is 7.05 Å². The van der Waals surface area contributed by atoms with Crippen molar-refractivity contribution in [2.45, 2.75) is 25.7 Å². The van der Waals surface area contributed by atoms with Gasteiger partial charge in [-0.15, -0.1) is 0 Å². The van der Waals surface area contributed by atoms with Crippen molar-refractivity contribution >= 4 is 5.91 Å². The molecule has 1 saturated heterocycles. The van der Waals surface area contributed by atoms with Crippen LogP contribution in [-0.2, 0) is 7.05 Å². The number of aryl methyl sites for hydroxylation is 2. The van der Waals surface area contributed by atoms with Gasteiger partial charge in [-0.05, 0) is 31.9 Å². The fourth-order valence-electron chi connectivity index (χ4n) is 3.61. The second-order valence-electron chi connectivity index (χ2n) is 7.07. The predicted molar refractivity (Wildman–Crippen MR) is 103 cm³/mol. The minimum absolute atomic E-state index is 0.0230. The second kappa shape index (κ2) is 7.38. The maximum Gasteiger partial charge on any atom is 0.350 e. The van der Waals surface area contributed by atoms with E-state index in [2.05, 4.69) is 15.1 Å². The van der Waals surface area contributed by atoms with E-state index >= 15 is 0 Å². The molecular formula is C20H22N6O2. The summed E-state index contributed by atoms with van der Waals surface area (Å²) in [4.78, 5) is 35.7. The van der Waals surface area contributed by atoms with Crippen molar-refractivity contribution < 1.29 is 4.79 Å². The molecular weight excluding hydrogens is 356 g/mol. The Morgan fingerprint density at radius 2 is 1.93 bits per heavy atom. The molecule has 144 valence electrons. The fraction of sp³-hybridized carbons (Fsp3) is 0.350. The number of hydrogen-bond acceptors (Lipinski definition) is 5. The number of likely N-dealkylation sites (tertiary alicyclic amines) is 1. The normalized spacial score (nSPS) is 16.9. The van der Waals surface area contributed by atoms with E-state index in [4.69, 9.17) is 0 Å². The van der Waals surface area contributed by atoms with Gasteiger partial charge in [-0.2, -0.15) is 5.10 Å². The molecule has 3 heterocycles. The average molecular weight is 378 g/mol. The third-order valence-corrected chi connectivity index (χ3v) is 5.04. The average Bonchev–Trinajstić information content (AvgIpc) is 3.03. The molecule has 4 rings (SSSR count). The summed E-state index contributed by atoms with van der Waals surface area (Å²) in [5, 5.41) is 4.49.